The standard InChI is InChI=1S/C12H19N3O4S2/c1-3-13-11-5-4-6-14-12(11)21(18,19)15-7-8-20(16,17)9-10(15)2/h4-6,10,13H,3,7-9H2,1-2H3. The molecular weight excluding hydrogens is 314 g/mol. The van der Waals surface area contributed by atoms with Crippen molar-refractivity contribution in [2.75, 3.05) is 29.9 Å². The van der Waals surface area contributed by atoms with Gasteiger partial charge in [-0.05, 0) is 26.0 Å². The number of hydrogen-bond donors (Lipinski definition) is 1. The van der Waals surface area contributed by atoms with Crippen LogP contribution in [-0.2, 0) is 19.9 Å². The fourth-order valence-corrected chi connectivity index (χ4v) is 5.85. The lowest BCUT2D eigenvalue weighted by atomic mass is 10.4. The van der Waals surface area contributed by atoms with E-state index in [0.29, 0.717) is 12.2 Å². The summed E-state index contributed by atoms with van der Waals surface area (Å²) in [6.07, 6.45) is 1.42. The predicted octanol–water partition coefficient (Wildman–Crippen LogP) is 0.321. The highest BCUT2D eigenvalue weighted by Gasteiger charge is 2.38. The molecule has 7 nitrogen and oxygen atoms in total. The lowest BCUT2D eigenvalue weighted by molar-refractivity contribution is 0.355. The van der Waals surface area contributed by atoms with Gasteiger partial charge in [-0.2, -0.15) is 4.31 Å². The summed E-state index contributed by atoms with van der Waals surface area (Å²) in [5.41, 5.74) is 0.431. The van der Waals surface area contributed by atoms with Gasteiger partial charge in [0, 0.05) is 25.3 Å². The molecule has 0 radical (unpaired) electrons. The third-order valence-corrected chi connectivity index (χ3v) is 7.07. The van der Waals surface area contributed by atoms with Crippen molar-refractivity contribution >= 4 is 25.5 Å². The van der Waals surface area contributed by atoms with Crippen LogP contribution in [0, 0.1) is 0 Å². The van der Waals surface area contributed by atoms with Crippen molar-refractivity contribution in [3.05, 3.63) is 18.3 Å². The molecule has 1 aromatic rings. The van der Waals surface area contributed by atoms with Crippen molar-refractivity contribution in [3.8, 4) is 0 Å². The molecule has 1 aliphatic rings. The molecule has 0 spiro atoms. The molecule has 1 unspecified atom stereocenters. The maximum Gasteiger partial charge on any atom is 0.262 e. The molecule has 0 saturated carbocycles. The summed E-state index contributed by atoms with van der Waals surface area (Å²) >= 11 is 0. The van der Waals surface area contributed by atoms with E-state index in [2.05, 4.69) is 10.3 Å². The van der Waals surface area contributed by atoms with Crippen LogP contribution < -0.4 is 5.32 Å². The maximum atomic E-state index is 12.7. The van der Waals surface area contributed by atoms with Crippen molar-refractivity contribution in [3.63, 3.8) is 0 Å². The highest BCUT2D eigenvalue weighted by Crippen LogP contribution is 2.25. The number of sulfonamides is 1. The molecule has 1 aromatic heterocycles. The van der Waals surface area contributed by atoms with Gasteiger partial charge >= 0.3 is 0 Å². The Morgan fingerprint density at radius 2 is 2.19 bits per heavy atom. The summed E-state index contributed by atoms with van der Waals surface area (Å²) in [4.78, 5) is 3.97. The Hall–Kier alpha value is -1.19. The summed E-state index contributed by atoms with van der Waals surface area (Å²) in [6.45, 7) is 4.00. The van der Waals surface area contributed by atoms with E-state index in [1.165, 1.54) is 10.5 Å². The second-order valence-electron chi connectivity index (χ2n) is 4.97. The van der Waals surface area contributed by atoms with Gasteiger partial charge in [-0.3, -0.25) is 0 Å². The van der Waals surface area contributed by atoms with Crippen LogP contribution in [0.25, 0.3) is 0 Å². The third-order valence-electron chi connectivity index (χ3n) is 3.30. The molecule has 0 aliphatic carbocycles. The zero-order valence-electron chi connectivity index (χ0n) is 12.0. The fraction of sp³-hybridized carbons (Fsp3) is 0.583. The van der Waals surface area contributed by atoms with Crippen molar-refractivity contribution < 1.29 is 16.8 Å². The summed E-state index contributed by atoms with van der Waals surface area (Å²) in [6, 6.07) is 2.71. The zero-order chi connectivity index (χ0) is 15.7. The number of rotatable bonds is 4. The molecule has 2 heterocycles. The van der Waals surface area contributed by atoms with Crippen LogP contribution in [-0.4, -0.2) is 56.8 Å². The highest BCUT2D eigenvalue weighted by molar-refractivity contribution is 7.92. The molecule has 118 valence electrons. The van der Waals surface area contributed by atoms with Crippen LogP contribution in [0.3, 0.4) is 0 Å². The number of anilines is 1. The first-order valence-corrected chi connectivity index (χ1v) is 9.95. The molecule has 0 aromatic carbocycles. The number of sulfone groups is 1. The molecule has 2 rings (SSSR count). The van der Waals surface area contributed by atoms with Gasteiger partial charge < -0.3 is 5.32 Å². The second kappa shape index (κ2) is 5.90. The van der Waals surface area contributed by atoms with E-state index in [9.17, 15) is 16.8 Å². The molecule has 0 amide bonds. The van der Waals surface area contributed by atoms with Gasteiger partial charge in [0.25, 0.3) is 10.0 Å². The van der Waals surface area contributed by atoms with Gasteiger partial charge in [-0.15, -0.1) is 0 Å². The Kier molecular flexibility index (Phi) is 4.54. The first-order valence-electron chi connectivity index (χ1n) is 6.69. The lowest BCUT2D eigenvalue weighted by Crippen LogP contribution is -2.49. The van der Waals surface area contributed by atoms with Gasteiger partial charge in [0.05, 0.1) is 17.2 Å². The second-order valence-corrected chi connectivity index (χ2v) is 9.00. The quantitative estimate of drug-likeness (QED) is 0.852. The summed E-state index contributed by atoms with van der Waals surface area (Å²) in [7, 11) is -6.99. The normalized spacial score (nSPS) is 22.9. The van der Waals surface area contributed by atoms with Crippen molar-refractivity contribution in [2.45, 2.75) is 24.9 Å². The minimum Gasteiger partial charge on any atom is -0.383 e. The van der Waals surface area contributed by atoms with Crippen LogP contribution in [0.2, 0.25) is 0 Å². The Morgan fingerprint density at radius 1 is 1.48 bits per heavy atom. The minimum atomic E-state index is -3.82. The Balaban J connectivity index is 2.39. The van der Waals surface area contributed by atoms with E-state index in [1.807, 2.05) is 6.92 Å². The molecule has 1 aliphatic heterocycles. The third kappa shape index (κ3) is 3.35. The first-order chi connectivity index (χ1) is 9.78. The lowest BCUT2D eigenvalue weighted by Gasteiger charge is -2.32. The Morgan fingerprint density at radius 3 is 2.81 bits per heavy atom. The van der Waals surface area contributed by atoms with E-state index in [4.69, 9.17) is 0 Å². The number of pyridine rings is 1. The topological polar surface area (TPSA) is 96.4 Å². The summed E-state index contributed by atoms with van der Waals surface area (Å²) in [5.74, 6) is -0.310. The predicted molar refractivity (Wildman–Crippen MR) is 80.4 cm³/mol. The summed E-state index contributed by atoms with van der Waals surface area (Å²) < 4.78 is 49.9. The van der Waals surface area contributed by atoms with Crippen LogP contribution in [0.1, 0.15) is 13.8 Å². The number of aromatic nitrogens is 1. The van der Waals surface area contributed by atoms with Gasteiger partial charge in [0.15, 0.2) is 14.9 Å². The average molecular weight is 333 g/mol. The monoisotopic (exact) mass is 333 g/mol. The van der Waals surface area contributed by atoms with E-state index in [0.717, 1.165) is 0 Å². The molecule has 0 bridgehead atoms. The minimum absolute atomic E-state index is 0.0338. The molecule has 1 atom stereocenters. The van der Waals surface area contributed by atoms with E-state index in [1.54, 1.807) is 19.1 Å². The molecule has 1 N–H and O–H groups in total. The molecule has 9 heteroatoms. The van der Waals surface area contributed by atoms with E-state index < -0.39 is 25.9 Å². The fourth-order valence-electron chi connectivity index (χ4n) is 2.37. The number of nitrogens with one attached hydrogen (secondary N) is 1. The van der Waals surface area contributed by atoms with Gasteiger partial charge in [0.2, 0.25) is 0 Å². The van der Waals surface area contributed by atoms with Crippen LogP contribution in [0.15, 0.2) is 23.4 Å². The summed E-state index contributed by atoms with van der Waals surface area (Å²) in [5, 5.41) is 2.91. The number of hydrogen-bond acceptors (Lipinski definition) is 6. The van der Waals surface area contributed by atoms with Crippen molar-refractivity contribution in [1.82, 2.24) is 9.29 Å². The zero-order valence-corrected chi connectivity index (χ0v) is 13.6. The Bertz CT molecular complexity index is 716. The largest absolute Gasteiger partial charge is 0.383 e. The highest BCUT2D eigenvalue weighted by atomic mass is 32.2. The molecule has 1 fully saturated rings. The smallest absolute Gasteiger partial charge is 0.262 e. The number of nitrogens with zero attached hydrogens (tertiary/aromatic N) is 2. The van der Waals surface area contributed by atoms with Gasteiger partial charge in [-0.25, -0.2) is 21.8 Å². The van der Waals surface area contributed by atoms with Gasteiger partial charge in [0.1, 0.15) is 0 Å². The van der Waals surface area contributed by atoms with E-state index >= 15 is 0 Å². The molecular formula is C12H19N3O4S2. The SMILES string of the molecule is CCNc1cccnc1S(=O)(=O)N1CCS(=O)(=O)CC1C. The first kappa shape index (κ1) is 16.2. The average Bonchev–Trinajstić information content (AvgIpc) is 2.38. The van der Waals surface area contributed by atoms with Crippen molar-refractivity contribution in [1.29, 1.82) is 0 Å². The van der Waals surface area contributed by atoms with Gasteiger partial charge in [-0.1, -0.05) is 0 Å². The van der Waals surface area contributed by atoms with E-state index in [-0.39, 0.29) is 23.1 Å². The molecule has 21 heavy (non-hydrogen) atoms. The van der Waals surface area contributed by atoms with Crippen LogP contribution in [0.4, 0.5) is 5.69 Å². The molecule has 1 saturated heterocycles. The van der Waals surface area contributed by atoms with Crippen LogP contribution >= 0.6 is 0 Å². The van der Waals surface area contributed by atoms with Crippen LogP contribution in [0.5, 0.6) is 0 Å². The maximum absolute atomic E-state index is 12.7. The van der Waals surface area contributed by atoms with Crippen molar-refractivity contribution in [2.24, 2.45) is 0 Å². The Labute approximate surface area is 125 Å².